The number of carbonyl (C=O) groups is 1. The molecule has 0 spiro atoms. The monoisotopic (exact) mass is 476 g/mol. The van der Waals surface area contributed by atoms with Gasteiger partial charge in [0.1, 0.15) is 16.9 Å². The molecular formula is C27H36N6O2. The van der Waals surface area contributed by atoms with E-state index in [-0.39, 0.29) is 5.97 Å². The molecule has 3 aromatic heterocycles. The summed E-state index contributed by atoms with van der Waals surface area (Å²) in [6, 6.07) is 6.14. The minimum Gasteiger partial charge on any atom is -0.460 e. The lowest BCUT2D eigenvalue weighted by Gasteiger charge is -2.29. The van der Waals surface area contributed by atoms with E-state index in [1.54, 1.807) is 12.3 Å². The summed E-state index contributed by atoms with van der Waals surface area (Å²) in [6.07, 6.45) is 7.07. The van der Waals surface area contributed by atoms with Gasteiger partial charge >= 0.3 is 5.97 Å². The average Bonchev–Trinajstić information content (AvgIpc) is 2.78. The van der Waals surface area contributed by atoms with Crippen molar-refractivity contribution in [2.75, 3.05) is 11.1 Å². The van der Waals surface area contributed by atoms with Gasteiger partial charge in [-0.05, 0) is 89.5 Å². The van der Waals surface area contributed by atoms with E-state index in [0.29, 0.717) is 30.1 Å². The van der Waals surface area contributed by atoms with Crippen molar-refractivity contribution in [2.24, 2.45) is 5.92 Å². The molecule has 0 saturated heterocycles. The third-order valence-corrected chi connectivity index (χ3v) is 6.45. The minimum absolute atomic E-state index is 0.101. The Morgan fingerprint density at radius 1 is 1.14 bits per heavy atom. The molecule has 186 valence electrons. The Labute approximate surface area is 207 Å². The summed E-state index contributed by atoms with van der Waals surface area (Å²) >= 11 is 0. The van der Waals surface area contributed by atoms with Crippen LogP contribution in [0.3, 0.4) is 0 Å². The molecule has 1 aliphatic rings. The van der Waals surface area contributed by atoms with Crippen LogP contribution in [0.25, 0.3) is 22.3 Å². The summed E-state index contributed by atoms with van der Waals surface area (Å²) in [5, 5.41) is 3.51. The second-order valence-corrected chi connectivity index (χ2v) is 10.5. The van der Waals surface area contributed by atoms with Crippen molar-refractivity contribution in [3.8, 4) is 11.3 Å². The Morgan fingerprint density at radius 3 is 2.54 bits per heavy atom. The molecule has 35 heavy (non-hydrogen) atoms. The minimum atomic E-state index is -0.430. The summed E-state index contributed by atoms with van der Waals surface area (Å²) < 4.78 is 5.48. The first kappa shape index (κ1) is 24.8. The fraction of sp³-hybridized carbons (Fsp3) is 0.519. The van der Waals surface area contributed by atoms with Crippen LogP contribution in [0.4, 0.5) is 11.8 Å². The van der Waals surface area contributed by atoms with Crippen LogP contribution >= 0.6 is 0 Å². The van der Waals surface area contributed by atoms with Gasteiger partial charge in [0, 0.05) is 23.7 Å². The molecule has 8 heteroatoms. The van der Waals surface area contributed by atoms with E-state index in [0.717, 1.165) is 65.7 Å². The van der Waals surface area contributed by atoms with Gasteiger partial charge in [-0.25, -0.2) is 19.9 Å². The Morgan fingerprint density at radius 2 is 1.89 bits per heavy atom. The molecule has 3 aromatic rings. The summed E-state index contributed by atoms with van der Waals surface area (Å²) in [5.74, 6) is 1.40. The van der Waals surface area contributed by atoms with Gasteiger partial charge in [0.15, 0.2) is 0 Å². The Balaban J connectivity index is 1.44. The largest absolute Gasteiger partial charge is 0.460 e. The second kappa shape index (κ2) is 10.1. The molecule has 0 unspecified atom stereocenters. The SMILES string of the molecule is CCc1cc(-c2ccc(N)nc2C)nc2cnc(NC3CCC(CC(=O)OC(C)(C)C)CC3)nc12. The summed E-state index contributed by atoms with van der Waals surface area (Å²) in [5.41, 5.74) is 10.8. The van der Waals surface area contributed by atoms with Crippen molar-refractivity contribution >= 4 is 28.8 Å². The fourth-order valence-corrected chi connectivity index (χ4v) is 4.73. The maximum Gasteiger partial charge on any atom is 0.306 e. The van der Waals surface area contributed by atoms with Crippen LogP contribution in [-0.4, -0.2) is 37.5 Å². The Hall–Kier alpha value is -3.29. The highest BCUT2D eigenvalue weighted by molar-refractivity contribution is 5.82. The first-order valence-electron chi connectivity index (χ1n) is 12.5. The molecule has 0 bridgehead atoms. The lowest BCUT2D eigenvalue weighted by molar-refractivity contribution is -0.156. The number of carbonyl (C=O) groups excluding carboxylic acids is 1. The van der Waals surface area contributed by atoms with E-state index in [4.69, 9.17) is 20.4 Å². The number of nitrogens with two attached hydrogens (primary N) is 1. The smallest absolute Gasteiger partial charge is 0.306 e. The van der Waals surface area contributed by atoms with Crippen LogP contribution in [-0.2, 0) is 16.0 Å². The van der Waals surface area contributed by atoms with Gasteiger partial charge in [0.2, 0.25) is 5.95 Å². The molecule has 0 atom stereocenters. The van der Waals surface area contributed by atoms with Crippen molar-refractivity contribution in [1.82, 2.24) is 19.9 Å². The van der Waals surface area contributed by atoms with E-state index < -0.39 is 5.60 Å². The van der Waals surface area contributed by atoms with E-state index in [1.165, 1.54) is 0 Å². The number of pyridine rings is 2. The molecule has 3 heterocycles. The number of fused-ring (bicyclic) bond motifs is 1. The number of nitrogens with zero attached hydrogens (tertiary/aromatic N) is 4. The van der Waals surface area contributed by atoms with E-state index in [2.05, 4.69) is 28.3 Å². The quantitative estimate of drug-likeness (QED) is 0.464. The molecule has 4 rings (SSSR count). The number of hydrogen-bond donors (Lipinski definition) is 2. The van der Waals surface area contributed by atoms with Crippen molar-refractivity contribution in [1.29, 1.82) is 0 Å². The molecule has 1 saturated carbocycles. The molecule has 0 aliphatic heterocycles. The number of anilines is 2. The number of rotatable bonds is 6. The molecule has 1 aliphatic carbocycles. The number of esters is 1. The van der Waals surface area contributed by atoms with Crippen molar-refractivity contribution in [3.05, 3.63) is 35.7 Å². The molecule has 1 fully saturated rings. The molecule has 0 amide bonds. The summed E-state index contributed by atoms with van der Waals surface area (Å²) in [4.78, 5) is 30.7. The zero-order chi connectivity index (χ0) is 25.2. The number of nitrogen functional groups attached to an aromatic ring is 1. The van der Waals surface area contributed by atoms with Crippen LogP contribution in [0, 0.1) is 12.8 Å². The predicted octanol–water partition coefficient (Wildman–Crippen LogP) is 5.24. The molecule has 8 nitrogen and oxygen atoms in total. The number of hydrogen-bond acceptors (Lipinski definition) is 8. The van der Waals surface area contributed by atoms with Gasteiger partial charge in [0.05, 0.1) is 17.4 Å². The molecule has 0 aromatic carbocycles. The molecule has 0 radical (unpaired) electrons. The highest BCUT2D eigenvalue weighted by Gasteiger charge is 2.26. The predicted molar refractivity (Wildman–Crippen MR) is 139 cm³/mol. The van der Waals surface area contributed by atoms with Gasteiger partial charge in [0.25, 0.3) is 0 Å². The third kappa shape index (κ3) is 6.24. The van der Waals surface area contributed by atoms with Crippen LogP contribution in [0.5, 0.6) is 0 Å². The van der Waals surface area contributed by atoms with Crippen LogP contribution < -0.4 is 11.1 Å². The van der Waals surface area contributed by atoms with Crippen molar-refractivity contribution < 1.29 is 9.53 Å². The lowest BCUT2D eigenvalue weighted by Crippen LogP contribution is -2.30. The highest BCUT2D eigenvalue weighted by atomic mass is 16.6. The van der Waals surface area contributed by atoms with Gasteiger partial charge in [-0.3, -0.25) is 4.79 Å². The van der Waals surface area contributed by atoms with Gasteiger partial charge in [-0.1, -0.05) is 6.92 Å². The number of aryl methyl sites for hydroxylation is 2. The van der Waals surface area contributed by atoms with Crippen LogP contribution in [0.2, 0.25) is 0 Å². The summed E-state index contributed by atoms with van der Waals surface area (Å²) in [7, 11) is 0. The molecular weight excluding hydrogens is 440 g/mol. The second-order valence-electron chi connectivity index (χ2n) is 10.5. The van der Waals surface area contributed by atoms with Crippen molar-refractivity contribution in [2.45, 2.75) is 84.8 Å². The van der Waals surface area contributed by atoms with Gasteiger partial charge in [-0.2, -0.15) is 0 Å². The van der Waals surface area contributed by atoms with Crippen molar-refractivity contribution in [3.63, 3.8) is 0 Å². The highest BCUT2D eigenvalue weighted by Crippen LogP contribution is 2.30. The lowest BCUT2D eigenvalue weighted by atomic mass is 9.84. The van der Waals surface area contributed by atoms with Crippen LogP contribution in [0.15, 0.2) is 24.4 Å². The maximum absolute atomic E-state index is 12.2. The zero-order valence-corrected chi connectivity index (χ0v) is 21.4. The van der Waals surface area contributed by atoms with E-state index >= 15 is 0 Å². The average molecular weight is 477 g/mol. The molecule has 3 N–H and O–H groups in total. The maximum atomic E-state index is 12.2. The number of nitrogens with one attached hydrogen (secondary N) is 1. The van der Waals surface area contributed by atoms with Gasteiger partial charge in [-0.15, -0.1) is 0 Å². The normalized spacial score (nSPS) is 18.4. The van der Waals surface area contributed by atoms with Gasteiger partial charge < -0.3 is 15.8 Å². The number of ether oxygens (including phenoxy) is 1. The van der Waals surface area contributed by atoms with Crippen LogP contribution in [0.1, 0.15) is 71.1 Å². The van der Waals surface area contributed by atoms with E-state index in [1.807, 2.05) is 33.8 Å². The first-order chi connectivity index (χ1) is 16.6. The Kier molecular flexibility index (Phi) is 7.19. The van der Waals surface area contributed by atoms with E-state index in [9.17, 15) is 4.79 Å². The fourth-order valence-electron chi connectivity index (χ4n) is 4.73. The Bertz CT molecular complexity index is 1210. The number of aromatic nitrogens is 4. The third-order valence-electron chi connectivity index (χ3n) is 6.45. The standard InChI is InChI=1S/C27H36N6O2/c1-6-18-14-21(20-11-12-23(28)30-16(20)2)32-22-15-29-26(33-25(18)22)31-19-9-7-17(8-10-19)13-24(34)35-27(3,4)5/h11-12,14-15,17,19H,6-10,13H2,1-5H3,(H2,28,30)(H,29,31,33). The topological polar surface area (TPSA) is 116 Å². The first-order valence-corrected chi connectivity index (χ1v) is 12.5. The summed E-state index contributed by atoms with van der Waals surface area (Å²) in [6.45, 7) is 9.78. The zero-order valence-electron chi connectivity index (χ0n) is 21.4.